The summed E-state index contributed by atoms with van der Waals surface area (Å²) in [4.78, 5) is 0. The highest BCUT2D eigenvalue weighted by Crippen LogP contribution is 2.23. The van der Waals surface area contributed by atoms with E-state index in [4.69, 9.17) is 9.47 Å². The van der Waals surface area contributed by atoms with E-state index in [1.54, 1.807) is 0 Å². The van der Waals surface area contributed by atoms with E-state index in [0.717, 1.165) is 32.5 Å². The molecule has 0 saturated carbocycles. The first-order valence-electron chi connectivity index (χ1n) is 8.06. The van der Waals surface area contributed by atoms with Crippen LogP contribution in [0.15, 0.2) is 42.5 Å². The number of hydrogen-bond donors (Lipinski definition) is 0. The smallest absolute Gasteiger partial charge is 0.157 e. The summed E-state index contributed by atoms with van der Waals surface area (Å²) in [6, 6.07) is 11.0. The van der Waals surface area contributed by atoms with Gasteiger partial charge in [-0.2, -0.15) is 0 Å². The lowest BCUT2D eigenvalue weighted by atomic mass is 10.2. The monoisotopic (exact) mass is 304 g/mol. The molecule has 21 heavy (non-hydrogen) atoms. The Kier molecular flexibility index (Phi) is 6.21. The van der Waals surface area contributed by atoms with Crippen LogP contribution in [0.3, 0.4) is 0 Å². The molecule has 0 aromatic heterocycles. The van der Waals surface area contributed by atoms with Crippen LogP contribution >= 0.6 is 0 Å². The van der Waals surface area contributed by atoms with Crippen molar-refractivity contribution in [2.24, 2.45) is 0 Å². The fourth-order valence-electron chi connectivity index (χ4n) is 2.61. The highest BCUT2D eigenvalue weighted by Gasteiger charge is 2.28. The van der Waals surface area contributed by atoms with Gasteiger partial charge in [-0.05, 0) is 18.4 Å². The maximum absolute atomic E-state index is 5.57. The summed E-state index contributed by atoms with van der Waals surface area (Å²) in [6.07, 6.45) is 7.75. The fourth-order valence-corrected chi connectivity index (χ4v) is 4.80. The molecule has 0 spiro atoms. The van der Waals surface area contributed by atoms with Crippen LogP contribution in [0.1, 0.15) is 26.2 Å². The molecule has 0 aliphatic carbocycles. The molecule has 0 N–H and O–H groups in total. The average molecular weight is 305 g/mol. The molecule has 0 bridgehead atoms. The van der Waals surface area contributed by atoms with Crippen molar-refractivity contribution >= 4 is 13.3 Å². The molecule has 1 fully saturated rings. The Labute approximate surface area is 130 Å². The van der Waals surface area contributed by atoms with Crippen LogP contribution in [-0.2, 0) is 9.47 Å². The van der Waals surface area contributed by atoms with Gasteiger partial charge >= 0.3 is 0 Å². The summed E-state index contributed by atoms with van der Waals surface area (Å²) in [7, 11) is -1.42. The second-order valence-corrected chi connectivity index (χ2v) is 11.3. The van der Waals surface area contributed by atoms with Gasteiger partial charge in [0.1, 0.15) is 0 Å². The largest absolute Gasteiger partial charge is 0.353 e. The van der Waals surface area contributed by atoms with Gasteiger partial charge in [-0.3, -0.25) is 0 Å². The van der Waals surface area contributed by atoms with E-state index in [1.807, 2.05) is 0 Å². The average Bonchev–Trinajstić information content (AvgIpc) is 2.53. The Morgan fingerprint density at radius 3 is 2.52 bits per heavy atom. The van der Waals surface area contributed by atoms with E-state index < -0.39 is 8.07 Å². The first-order valence-corrected chi connectivity index (χ1v) is 11.1. The van der Waals surface area contributed by atoms with Gasteiger partial charge in [0.15, 0.2) is 6.29 Å². The van der Waals surface area contributed by atoms with E-state index in [1.165, 1.54) is 5.19 Å². The number of ether oxygens (including phenoxy) is 2. The van der Waals surface area contributed by atoms with E-state index in [0.29, 0.717) is 5.54 Å². The van der Waals surface area contributed by atoms with Crippen molar-refractivity contribution in [2.45, 2.75) is 51.1 Å². The zero-order valence-corrected chi connectivity index (χ0v) is 14.5. The standard InChI is InChI=1S/C18H28O2Si/c1-16(21(2,3)17-11-5-4-6-12-17)10-7-8-13-18-19-14-9-15-20-18/h4-7,10-12,16,18H,8-9,13-15H2,1-3H3/b10-7+. The van der Waals surface area contributed by atoms with Crippen molar-refractivity contribution in [1.29, 1.82) is 0 Å². The maximum atomic E-state index is 5.57. The Balaban J connectivity index is 1.82. The van der Waals surface area contributed by atoms with Gasteiger partial charge in [0.2, 0.25) is 0 Å². The van der Waals surface area contributed by atoms with Crippen molar-refractivity contribution in [1.82, 2.24) is 0 Å². The lowest BCUT2D eigenvalue weighted by molar-refractivity contribution is -0.180. The molecule has 1 aliphatic heterocycles. The van der Waals surface area contributed by atoms with Crippen LogP contribution in [0.25, 0.3) is 0 Å². The van der Waals surface area contributed by atoms with Crippen molar-refractivity contribution in [3.63, 3.8) is 0 Å². The van der Waals surface area contributed by atoms with Gasteiger partial charge in [-0.25, -0.2) is 0 Å². The fraction of sp³-hybridized carbons (Fsp3) is 0.556. The molecule has 1 atom stereocenters. The minimum absolute atomic E-state index is 0.0121. The lowest BCUT2D eigenvalue weighted by Crippen LogP contribution is -2.44. The van der Waals surface area contributed by atoms with Crippen molar-refractivity contribution in [2.75, 3.05) is 13.2 Å². The summed E-state index contributed by atoms with van der Waals surface area (Å²) >= 11 is 0. The predicted octanol–water partition coefficient (Wildman–Crippen LogP) is 4.09. The molecule has 1 aromatic rings. The third-order valence-corrected chi connectivity index (χ3v) is 8.84. The molecular formula is C18H28O2Si. The minimum atomic E-state index is -1.42. The Morgan fingerprint density at radius 2 is 1.86 bits per heavy atom. The molecular weight excluding hydrogens is 276 g/mol. The zero-order chi connectivity index (χ0) is 15.1. The van der Waals surface area contributed by atoms with Gasteiger partial charge in [-0.15, -0.1) is 0 Å². The molecule has 1 heterocycles. The lowest BCUT2D eigenvalue weighted by Gasteiger charge is -2.28. The van der Waals surface area contributed by atoms with Crippen LogP contribution in [-0.4, -0.2) is 27.6 Å². The first-order chi connectivity index (χ1) is 10.1. The number of allylic oxidation sites excluding steroid dienone is 2. The summed E-state index contributed by atoms with van der Waals surface area (Å²) in [6.45, 7) is 8.94. The van der Waals surface area contributed by atoms with Crippen LogP contribution in [0.4, 0.5) is 0 Å². The Hall–Kier alpha value is -0.903. The van der Waals surface area contributed by atoms with Gasteiger partial charge in [0.25, 0.3) is 0 Å². The van der Waals surface area contributed by atoms with Crippen LogP contribution in [0.5, 0.6) is 0 Å². The van der Waals surface area contributed by atoms with Crippen LogP contribution in [0, 0.1) is 0 Å². The summed E-state index contributed by atoms with van der Waals surface area (Å²) in [5, 5.41) is 1.53. The molecule has 2 nitrogen and oxygen atoms in total. The minimum Gasteiger partial charge on any atom is -0.353 e. The zero-order valence-electron chi connectivity index (χ0n) is 13.5. The highest BCUT2D eigenvalue weighted by molar-refractivity contribution is 6.91. The van der Waals surface area contributed by atoms with Crippen LogP contribution in [0.2, 0.25) is 18.6 Å². The summed E-state index contributed by atoms with van der Waals surface area (Å²) in [5.41, 5.74) is 0.632. The molecule has 0 radical (unpaired) electrons. The van der Waals surface area contributed by atoms with Crippen molar-refractivity contribution < 1.29 is 9.47 Å². The molecule has 2 rings (SSSR count). The number of rotatable bonds is 6. The molecule has 1 aromatic carbocycles. The molecule has 1 saturated heterocycles. The van der Waals surface area contributed by atoms with Gasteiger partial charge in [0.05, 0.1) is 21.3 Å². The maximum Gasteiger partial charge on any atom is 0.157 e. The molecule has 0 amide bonds. The third kappa shape index (κ3) is 4.80. The SMILES string of the molecule is CC(/C=C/CCC1OCCCO1)[Si](C)(C)c1ccccc1. The molecule has 3 heteroatoms. The molecule has 1 aliphatic rings. The number of hydrogen-bond acceptors (Lipinski definition) is 2. The second kappa shape index (κ2) is 7.92. The van der Waals surface area contributed by atoms with E-state index >= 15 is 0 Å². The second-order valence-electron chi connectivity index (χ2n) is 6.41. The predicted molar refractivity (Wildman–Crippen MR) is 91.7 cm³/mol. The Morgan fingerprint density at radius 1 is 1.19 bits per heavy atom. The normalized spacial score (nSPS) is 19.0. The quantitative estimate of drug-likeness (QED) is 0.582. The summed E-state index contributed by atoms with van der Waals surface area (Å²) in [5.74, 6) is 0. The third-order valence-electron chi connectivity index (χ3n) is 4.55. The topological polar surface area (TPSA) is 18.5 Å². The number of benzene rings is 1. The van der Waals surface area contributed by atoms with Crippen molar-refractivity contribution in [3.8, 4) is 0 Å². The molecule has 1 unspecified atom stereocenters. The van der Waals surface area contributed by atoms with Gasteiger partial charge < -0.3 is 9.47 Å². The van der Waals surface area contributed by atoms with E-state index in [-0.39, 0.29) is 6.29 Å². The van der Waals surface area contributed by atoms with Gasteiger partial charge in [0, 0.05) is 6.42 Å². The Bertz CT molecular complexity index is 436. The van der Waals surface area contributed by atoms with Crippen molar-refractivity contribution in [3.05, 3.63) is 42.5 Å². The first kappa shape index (κ1) is 16.5. The van der Waals surface area contributed by atoms with Crippen LogP contribution < -0.4 is 5.19 Å². The van der Waals surface area contributed by atoms with Gasteiger partial charge in [-0.1, -0.05) is 67.7 Å². The highest BCUT2D eigenvalue weighted by atomic mass is 28.3. The van der Waals surface area contributed by atoms with E-state index in [2.05, 4.69) is 62.5 Å². The van der Waals surface area contributed by atoms with E-state index in [9.17, 15) is 0 Å². The molecule has 116 valence electrons. The summed E-state index contributed by atoms with van der Waals surface area (Å²) < 4.78 is 11.1.